The lowest BCUT2D eigenvalue weighted by atomic mass is 10.0. The van der Waals surface area contributed by atoms with Crippen LogP contribution in [0, 0.1) is 0 Å². The van der Waals surface area contributed by atoms with Crippen molar-refractivity contribution in [1.82, 2.24) is 0 Å². The van der Waals surface area contributed by atoms with E-state index in [4.69, 9.17) is 22.4 Å². The molecule has 0 aromatic heterocycles. The van der Waals surface area contributed by atoms with Gasteiger partial charge in [0, 0.05) is 0 Å². The van der Waals surface area contributed by atoms with Gasteiger partial charge in [0.15, 0.2) is 0 Å². The summed E-state index contributed by atoms with van der Waals surface area (Å²) in [4.78, 5) is 10.6. The quantitative estimate of drug-likeness (QED) is 0.718. The van der Waals surface area contributed by atoms with Gasteiger partial charge in [-0.05, 0) is 24.6 Å². The Morgan fingerprint density at radius 3 is 2.69 bits per heavy atom. The summed E-state index contributed by atoms with van der Waals surface area (Å²) >= 11 is 5.69. The number of benzene rings is 1. The van der Waals surface area contributed by atoms with Crippen molar-refractivity contribution in [2.45, 2.75) is 12.8 Å². The molecule has 4 heteroatoms. The molecule has 0 aliphatic heterocycles. The SMILES string of the molecule is CC(C(=O)O)c1ccc(Cl)c(N)c1. The van der Waals surface area contributed by atoms with Crippen LogP contribution in [0.1, 0.15) is 18.4 Å². The molecule has 0 aliphatic carbocycles. The molecule has 0 amide bonds. The third-order valence-electron chi connectivity index (χ3n) is 1.89. The van der Waals surface area contributed by atoms with Gasteiger partial charge in [0.05, 0.1) is 16.6 Å². The Labute approximate surface area is 81.1 Å². The minimum absolute atomic E-state index is 0.410. The summed E-state index contributed by atoms with van der Waals surface area (Å²) in [6.07, 6.45) is 0. The first-order valence-electron chi connectivity index (χ1n) is 3.80. The number of carboxylic acids is 1. The number of carboxylic acid groups (broad SMARTS) is 1. The van der Waals surface area contributed by atoms with E-state index in [-0.39, 0.29) is 0 Å². The highest BCUT2D eigenvalue weighted by Crippen LogP contribution is 2.24. The van der Waals surface area contributed by atoms with E-state index >= 15 is 0 Å². The van der Waals surface area contributed by atoms with Crippen molar-refractivity contribution in [3.8, 4) is 0 Å². The van der Waals surface area contributed by atoms with E-state index < -0.39 is 11.9 Å². The molecule has 0 saturated carbocycles. The second-order valence-corrected chi connectivity index (χ2v) is 3.25. The van der Waals surface area contributed by atoms with Crippen LogP contribution in [0.5, 0.6) is 0 Å². The summed E-state index contributed by atoms with van der Waals surface area (Å²) in [5.74, 6) is -1.43. The number of aliphatic carboxylic acids is 1. The summed E-state index contributed by atoms with van der Waals surface area (Å²) in [7, 11) is 0. The van der Waals surface area contributed by atoms with Crippen molar-refractivity contribution >= 4 is 23.3 Å². The molecule has 0 heterocycles. The molecule has 70 valence electrons. The number of halogens is 1. The van der Waals surface area contributed by atoms with E-state index in [1.165, 1.54) is 0 Å². The molecular weight excluding hydrogens is 190 g/mol. The molecule has 0 radical (unpaired) electrons. The maximum atomic E-state index is 10.6. The second-order valence-electron chi connectivity index (χ2n) is 2.84. The maximum absolute atomic E-state index is 10.6. The summed E-state index contributed by atoms with van der Waals surface area (Å²) in [5.41, 5.74) is 6.60. The Kier molecular flexibility index (Phi) is 2.78. The molecular formula is C9H10ClNO2. The van der Waals surface area contributed by atoms with Gasteiger partial charge in [-0.2, -0.15) is 0 Å². The van der Waals surface area contributed by atoms with Crippen molar-refractivity contribution in [1.29, 1.82) is 0 Å². The van der Waals surface area contributed by atoms with Gasteiger partial charge in [0.2, 0.25) is 0 Å². The average molecular weight is 200 g/mol. The monoisotopic (exact) mass is 199 g/mol. The van der Waals surface area contributed by atoms with E-state index in [0.29, 0.717) is 16.3 Å². The Morgan fingerprint density at radius 2 is 2.23 bits per heavy atom. The Morgan fingerprint density at radius 1 is 1.62 bits per heavy atom. The third-order valence-corrected chi connectivity index (χ3v) is 2.23. The average Bonchev–Trinajstić information content (AvgIpc) is 2.08. The number of anilines is 1. The highest BCUT2D eigenvalue weighted by atomic mass is 35.5. The topological polar surface area (TPSA) is 63.3 Å². The van der Waals surface area contributed by atoms with Gasteiger partial charge >= 0.3 is 5.97 Å². The minimum Gasteiger partial charge on any atom is -0.481 e. The largest absolute Gasteiger partial charge is 0.481 e. The van der Waals surface area contributed by atoms with Crippen molar-refractivity contribution in [3.05, 3.63) is 28.8 Å². The molecule has 13 heavy (non-hydrogen) atoms. The first-order chi connectivity index (χ1) is 6.02. The van der Waals surface area contributed by atoms with Crippen LogP contribution in [0.4, 0.5) is 5.69 Å². The van der Waals surface area contributed by atoms with Crippen LogP contribution in [-0.2, 0) is 4.79 Å². The first-order valence-corrected chi connectivity index (χ1v) is 4.18. The van der Waals surface area contributed by atoms with Gasteiger partial charge in [-0.3, -0.25) is 4.79 Å². The smallest absolute Gasteiger partial charge is 0.310 e. The molecule has 1 atom stereocenters. The zero-order valence-corrected chi connectivity index (χ0v) is 7.88. The van der Waals surface area contributed by atoms with E-state index in [0.717, 1.165) is 0 Å². The first kappa shape index (κ1) is 9.86. The molecule has 0 saturated heterocycles. The Balaban J connectivity index is 3.03. The van der Waals surface area contributed by atoms with Gasteiger partial charge in [-0.25, -0.2) is 0 Å². The predicted molar refractivity (Wildman–Crippen MR) is 51.9 cm³/mol. The fraction of sp³-hybridized carbons (Fsp3) is 0.222. The maximum Gasteiger partial charge on any atom is 0.310 e. The molecule has 1 unspecified atom stereocenters. The Hall–Kier alpha value is -1.22. The van der Waals surface area contributed by atoms with Crippen LogP contribution in [0.25, 0.3) is 0 Å². The molecule has 3 nitrogen and oxygen atoms in total. The number of hydrogen-bond acceptors (Lipinski definition) is 2. The molecule has 1 aromatic rings. The lowest BCUT2D eigenvalue weighted by Crippen LogP contribution is -2.07. The zero-order valence-electron chi connectivity index (χ0n) is 7.12. The van der Waals surface area contributed by atoms with Crippen LogP contribution in [0.3, 0.4) is 0 Å². The van der Waals surface area contributed by atoms with E-state index in [1.807, 2.05) is 0 Å². The summed E-state index contributed by atoms with van der Waals surface area (Å²) in [6.45, 7) is 1.60. The van der Waals surface area contributed by atoms with Crippen LogP contribution < -0.4 is 5.73 Å². The van der Waals surface area contributed by atoms with Gasteiger partial charge in [0.1, 0.15) is 0 Å². The van der Waals surface area contributed by atoms with E-state index in [9.17, 15) is 4.79 Å². The van der Waals surface area contributed by atoms with E-state index in [1.54, 1.807) is 25.1 Å². The van der Waals surface area contributed by atoms with Gasteiger partial charge in [-0.15, -0.1) is 0 Å². The van der Waals surface area contributed by atoms with E-state index in [2.05, 4.69) is 0 Å². The molecule has 0 bridgehead atoms. The fourth-order valence-corrected chi connectivity index (χ4v) is 1.09. The fourth-order valence-electron chi connectivity index (χ4n) is 0.974. The molecule has 1 aromatic carbocycles. The number of nitrogens with two attached hydrogens (primary N) is 1. The van der Waals surface area contributed by atoms with Crippen LogP contribution >= 0.6 is 11.6 Å². The lowest BCUT2D eigenvalue weighted by Gasteiger charge is -2.07. The Bertz CT molecular complexity index is 338. The minimum atomic E-state index is -0.873. The molecule has 0 spiro atoms. The number of carbonyl (C=O) groups is 1. The highest BCUT2D eigenvalue weighted by Gasteiger charge is 2.13. The van der Waals surface area contributed by atoms with Crippen molar-refractivity contribution in [2.24, 2.45) is 0 Å². The van der Waals surface area contributed by atoms with Crippen molar-refractivity contribution in [2.75, 3.05) is 5.73 Å². The summed E-state index contributed by atoms with van der Waals surface area (Å²) < 4.78 is 0. The van der Waals surface area contributed by atoms with Crippen molar-refractivity contribution in [3.63, 3.8) is 0 Å². The van der Waals surface area contributed by atoms with Crippen molar-refractivity contribution < 1.29 is 9.90 Å². The summed E-state index contributed by atoms with van der Waals surface area (Å²) in [6, 6.07) is 4.85. The molecule has 1 rings (SSSR count). The van der Waals surface area contributed by atoms with Gasteiger partial charge in [-0.1, -0.05) is 17.7 Å². The number of nitrogen functional groups attached to an aromatic ring is 1. The predicted octanol–water partition coefficient (Wildman–Crippen LogP) is 2.11. The standard InChI is InChI=1S/C9H10ClNO2/c1-5(9(12)13)6-2-3-7(10)8(11)4-6/h2-5H,11H2,1H3,(H,12,13). The molecule has 0 aliphatic rings. The van der Waals surface area contributed by atoms with Crippen LogP contribution in [-0.4, -0.2) is 11.1 Å². The third kappa shape index (κ3) is 2.12. The van der Waals surface area contributed by atoms with Gasteiger partial charge in [0.25, 0.3) is 0 Å². The van der Waals surface area contributed by atoms with Crippen LogP contribution in [0.2, 0.25) is 5.02 Å². The zero-order chi connectivity index (χ0) is 10.0. The number of hydrogen-bond donors (Lipinski definition) is 2. The molecule has 0 fully saturated rings. The summed E-state index contributed by atoms with van der Waals surface area (Å²) in [5, 5.41) is 9.17. The van der Waals surface area contributed by atoms with Gasteiger partial charge < -0.3 is 10.8 Å². The second kappa shape index (κ2) is 3.66. The van der Waals surface area contributed by atoms with Crippen LogP contribution in [0.15, 0.2) is 18.2 Å². The highest BCUT2D eigenvalue weighted by molar-refractivity contribution is 6.33. The lowest BCUT2D eigenvalue weighted by molar-refractivity contribution is -0.138. The molecule has 3 N–H and O–H groups in total. The number of rotatable bonds is 2. The normalized spacial score (nSPS) is 12.5.